The fourth-order valence-corrected chi connectivity index (χ4v) is 0.937. The Kier molecular flexibility index (Phi) is 3.99. The number of carboxylic acids is 1. The average Bonchev–Trinajstić information content (AvgIpc) is 1.81. The molecule has 4 nitrogen and oxygen atoms in total. The minimum Gasteiger partial charge on any atom is -0.481 e. The summed E-state index contributed by atoms with van der Waals surface area (Å²) in [6.45, 7) is 3.27. The summed E-state index contributed by atoms with van der Waals surface area (Å²) in [6.07, 6.45) is 4.78. The molecule has 0 aromatic rings. The van der Waals surface area contributed by atoms with Gasteiger partial charge in [0.15, 0.2) is 0 Å². The molecule has 0 fully saturated rings. The third-order valence-corrected chi connectivity index (χ3v) is 1.33. The Bertz CT molecular complexity index is 250. The Morgan fingerprint density at radius 3 is 2.46 bits per heavy atom. The number of rotatable bonds is 4. The summed E-state index contributed by atoms with van der Waals surface area (Å²) >= 11 is 0. The number of amides is 1. The van der Waals surface area contributed by atoms with E-state index in [1.807, 2.05) is 0 Å². The predicted octanol–water partition coefficient (Wildman–Crippen LogP) is 0.379. The first-order chi connectivity index (χ1) is 5.87. The number of carboxylic acid groups (broad SMARTS) is 1. The first-order valence-corrected chi connectivity index (χ1v) is 3.83. The maximum atomic E-state index is 11.0. The second kappa shape index (κ2) is 4.51. The van der Waals surface area contributed by atoms with Crippen molar-refractivity contribution >= 4 is 11.9 Å². The highest BCUT2D eigenvalue weighted by Crippen LogP contribution is 2.07. The largest absolute Gasteiger partial charge is 0.481 e. The van der Waals surface area contributed by atoms with Crippen LogP contribution in [0.5, 0.6) is 0 Å². The van der Waals surface area contributed by atoms with Crippen molar-refractivity contribution in [2.45, 2.75) is 32.2 Å². The summed E-state index contributed by atoms with van der Waals surface area (Å²) in [4.78, 5) is 21.4. The smallest absolute Gasteiger partial charge is 0.305 e. The van der Waals surface area contributed by atoms with Crippen molar-refractivity contribution in [1.82, 2.24) is 5.32 Å². The highest BCUT2D eigenvalue weighted by molar-refractivity contribution is 5.80. The third-order valence-electron chi connectivity index (χ3n) is 1.33. The standard InChI is InChI=1S/C9H13NO3/c1-4-5-7(11)10-9(2,3)6-8(12)13/h1H,5-6H2,2-3H3,(H,10,11)(H,12,13). The van der Waals surface area contributed by atoms with Gasteiger partial charge >= 0.3 is 5.97 Å². The molecule has 0 atom stereocenters. The van der Waals surface area contributed by atoms with E-state index in [0.717, 1.165) is 0 Å². The molecule has 0 rings (SSSR count). The van der Waals surface area contributed by atoms with Crippen molar-refractivity contribution in [3.05, 3.63) is 0 Å². The third kappa shape index (κ3) is 5.74. The van der Waals surface area contributed by atoms with Gasteiger partial charge in [-0.1, -0.05) is 5.92 Å². The molecule has 0 radical (unpaired) electrons. The minimum atomic E-state index is -0.953. The van der Waals surface area contributed by atoms with Crippen LogP contribution in [0, 0.1) is 12.3 Å². The summed E-state index contributed by atoms with van der Waals surface area (Å²) in [5, 5.41) is 11.0. The number of aliphatic carboxylic acids is 1. The second-order valence-electron chi connectivity index (χ2n) is 3.38. The van der Waals surface area contributed by atoms with Crippen LogP contribution in [0.2, 0.25) is 0 Å². The van der Waals surface area contributed by atoms with Crippen LogP contribution in [0.25, 0.3) is 0 Å². The van der Waals surface area contributed by atoms with Gasteiger partial charge in [-0.3, -0.25) is 9.59 Å². The van der Waals surface area contributed by atoms with Crippen LogP contribution < -0.4 is 5.32 Å². The molecule has 0 aliphatic rings. The maximum Gasteiger partial charge on any atom is 0.305 e. The first-order valence-electron chi connectivity index (χ1n) is 3.83. The Balaban J connectivity index is 4.10. The Morgan fingerprint density at radius 2 is 2.08 bits per heavy atom. The lowest BCUT2D eigenvalue weighted by Crippen LogP contribution is -2.44. The normalized spacial score (nSPS) is 10.2. The maximum absolute atomic E-state index is 11.0. The van der Waals surface area contributed by atoms with Gasteiger partial charge in [0.25, 0.3) is 0 Å². The Labute approximate surface area is 77.3 Å². The summed E-state index contributed by atoms with van der Waals surface area (Å²) in [5.74, 6) is 0.906. The van der Waals surface area contributed by atoms with E-state index in [1.54, 1.807) is 13.8 Å². The molecule has 0 spiro atoms. The molecule has 0 aromatic heterocycles. The van der Waals surface area contributed by atoms with E-state index in [-0.39, 0.29) is 18.7 Å². The number of hydrogen-bond acceptors (Lipinski definition) is 2. The molecular weight excluding hydrogens is 170 g/mol. The van der Waals surface area contributed by atoms with Gasteiger partial charge in [0.1, 0.15) is 0 Å². The highest BCUT2D eigenvalue weighted by atomic mass is 16.4. The number of terminal acetylenes is 1. The molecule has 0 saturated heterocycles. The molecule has 2 N–H and O–H groups in total. The summed E-state index contributed by atoms with van der Waals surface area (Å²) in [5.41, 5.74) is -0.750. The quantitative estimate of drug-likeness (QED) is 0.619. The van der Waals surface area contributed by atoms with Gasteiger partial charge in [0, 0.05) is 5.54 Å². The van der Waals surface area contributed by atoms with Crippen molar-refractivity contribution in [1.29, 1.82) is 0 Å². The molecule has 0 unspecified atom stereocenters. The van der Waals surface area contributed by atoms with Crippen LogP contribution in [0.15, 0.2) is 0 Å². The first kappa shape index (κ1) is 11.5. The van der Waals surface area contributed by atoms with Gasteiger partial charge in [0.05, 0.1) is 12.8 Å². The van der Waals surface area contributed by atoms with Crippen LogP contribution in [0.4, 0.5) is 0 Å². The number of carbonyl (C=O) groups excluding carboxylic acids is 1. The SMILES string of the molecule is C#CCC(=O)NC(C)(C)CC(=O)O. The monoisotopic (exact) mass is 183 g/mol. The Morgan fingerprint density at radius 1 is 1.54 bits per heavy atom. The van der Waals surface area contributed by atoms with E-state index in [1.165, 1.54) is 0 Å². The number of hydrogen-bond donors (Lipinski definition) is 2. The number of nitrogens with one attached hydrogen (secondary N) is 1. The second-order valence-corrected chi connectivity index (χ2v) is 3.38. The summed E-state index contributed by atoms with van der Waals surface area (Å²) < 4.78 is 0. The molecule has 0 heterocycles. The minimum absolute atomic E-state index is 0.0248. The molecule has 72 valence electrons. The fourth-order valence-electron chi connectivity index (χ4n) is 0.937. The van der Waals surface area contributed by atoms with E-state index in [2.05, 4.69) is 11.2 Å². The van der Waals surface area contributed by atoms with Gasteiger partial charge in [-0.15, -0.1) is 6.42 Å². The number of carbonyl (C=O) groups is 2. The van der Waals surface area contributed by atoms with E-state index in [4.69, 9.17) is 11.5 Å². The average molecular weight is 183 g/mol. The molecule has 4 heteroatoms. The molecule has 0 aliphatic carbocycles. The van der Waals surface area contributed by atoms with Crippen molar-refractivity contribution in [3.8, 4) is 12.3 Å². The van der Waals surface area contributed by atoms with Crippen molar-refractivity contribution < 1.29 is 14.7 Å². The van der Waals surface area contributed by atoms with Crippen molar-refractivity contribution in [2.75, 3.05) is 0 Å². The van der Waals surface area contributed by atoms with E-state index in [0.29, 0.717) is 0 Å². The molecule has 13 heavy (non-hydrogen) atoms. The van der Waals surface area contributed by atoms with E-state index in [9.17, 15) is 9.59 Å². The molecule has 0 saturated carbocycles. The predicted molar refractivity (Wildman–Crippen MR) is 47.9 cm³/mol. The van der Waals surface area contributed by atoms with Gasteiger partial charge in [-0.25, -0.2) is 0 Å². The summed E-state index contributed by atoms with van der Waals surface area (Å²) in [6, 6.07) is 0. The Hall–Kier alpha value is -1.50. The van der Waals surface area contributed by atoms with Crippen molar-refractivity contribution in [2.24, 2.45) is 0 Å². The zero-order valence-corrected chi connectivity index (χ0v) is 7.76. The van der Waals surface area contributed by atoms with Gasteiger partial charge in [-0.2, -0.15) is 0 Å². The fraction of sp³-hybridized carbons (Fsp3) is 0.556. The lowest BCUT2D eigenvalue weighted by Gasteiger charge is -2.23. The van der Waals surface area contributed by atoms with E-state index < -0.39 is 11.5 Å². The van der Waals surface area contributed by atoms with Gasteiger partial charge in [-0.05, 0) is 13.8 Å². The van der Waals surface area contributed by atoms with Crippen LogP contribution in [0.3, 0.4) is 0 Å². The summed E-state index contributed by atoms with van der Waals surface area (Å²) in [7, 11) is 0. The van der Waals surface area contributed by atoms with Crippen molar-refractivity contribution in [3.63, 3.8) is 0 Å². The van der Waals surface area contributed by atoms with Crippen LogP contribution in [-0.2, 0) is 9.59 Å². The zero-order valence-electron chi connectivity index (χ0n) is 7.76. The topological polar surface area (TPSA) is 66.4 Å². The van der Waals surface area contributed by atoms with E-state index >= 15 is 0 Å². The van der Waals surface area contributed by atoms with Crippen LogP contribution >= 0.6 is 0 Å². The molecule has 0 aromatic carbocycles. The van der Waals surface area contributed by atoms with Crippen LogP contribution in [0.1, 0.15) is 26.7 Å². The van der Waals surface area contributed by atoms with Crippen LogP contribution in [-0.4, -0.2) is 22.5 Å². The lowest BCUT2D eigenvalue weighted by molar-refractivity contribution is -0.138. The zero-order chi connectivity index (χ0) is 10.5. The van der Waals surface area contributed by atoms with Gasteiger partial charge in [0.2, 0.25) is 5.91 Å². The molecule has 0 bridgehead atoms. The molecule has 0 aliphatic heterocycles. The molecule has 1 amide bonds. The van der Waals surface area contributed by atoms with Gasteiger partial charge < -0.3 is 10.4 Å². The molecular formula is C9H13NO3. The lowest BCUT2D eigenvalue weighted by atomic mass is 10.0. The highest BCUT2D eigenvalue weighted by Gasteiger charge is 2.23.